The third-order valence-corrected chi connectivity index (χ3v) is 4.76. The van der Waals surface area contributed by atoms with E-state index >= 15 is 0 Å². The lowest BCUT2D eigenvalue weighted by Gasteiger charge is -2.09. The zero-order valence-electron chi connectivity index (χ0n) is 14.9. The van der Waals surface area contributed by atoms with Gasteiger partial charge in [-0.25, -0.2) is 13.6 Å². The van der Waals surface area contributed by atoms with E-state index in [1.54, 1.807) is 6.07 Å². The number of hydrogen-bond donors (Lipinski definition) is 2. The van der Waals surface area contributed by atoms with Crippen molar-refractivity contribution in [2.75, 3.05) is 5.32 Å². The molecule has 0 aliphatic rings. The molecule has 0 saturated heterocycles. The van der Waals surface area contributed by atoms with E-state index in [1.165, 1.54) is 18.2 Å². The highest BCUT2D eigenvalue weighted by atomic mass is 32.2. The summed E-state index contributed by atoms with van der Waals surface area (Å²) < 4.78 is 24.7. The molecule has 0 saturated carbocycles. The second-order valence-corrected chi connectivity index (χ2v) is 8.08. The van der Waals surface area contributed by atoms with Crippen molar-refractivity contribution in [3.63, 3.8) is 0 Å². The summed E-state index contributed by atoms with van der Waals surface area (Å²) in [5.41, 5.74) is 3.08. The van der Waals surface area contributed by atoms with Crippen LogP contribution in [0.4, 0.5) is 5.69 Å². The Kier molecular flexibility index (Phi) is 5.64. The van der Waals surface area contributed by atoms with E-state index < -0.39 is 10.0 Å². The molecule has 7 nitrogen and oxygen atoms in total. The van der Waals surface area contributed by atoms with Crippen LogP contribution in [0.2, 0.25) is 0 Å². The van der Waals surface area contributed by atoms with Gasteiger partial charge in [0.15, 0.2) is 0 Å². The first-order valence-electron chi connectivity index (χ1n) is 8.03. The lowest BCUT2D eigenvalue weighted by molar-refractivity contribution is -0.115. The molecule has 0 spiro atoms. The molecule has 25 heavy (non-hydrogen) atoms. The van der Waals surface area contributed by atoms with Crippen molar-refractivity contribution in [3.8, 4) is 0 Å². The van der Waals surface area contributed by atoms with Crippen LogP contribution < -0.4 is 10.5 Å². The van der Waals surface area contributed by atoms with Gasteiger partial charge in [-0.1, -0.05) is 19.9 Å². The first-order chi connectivity index (χ1) is 11.6. The third-order valence-electron chi connectivity index (χ3n) is 3.85. The molecule has 1 aromatic heterocycles. The van der Waals surface area contributed by atoms with E-state index in [1.807, 2.05) is 18.5 Å². The molecule has 0 unspecified atom stereocenters. The van der Waals surface area contributed by atoms with Crippen LogP contribution in [0.3, 0.4) is 0 Å². The van der Waals surface area contributed by atoms with Crippen molar-refractivity contribution in [3.05, 3.63) is 41.2 Å². The summed E-state index contributed by atoms with van der Waals surface area (Å²) in [5, 5.41) is 12.3. The summed E-state index contributed by atoms with van der Waals surface area (Å²) in [6.07, 6.45) is 0.176. The fourth-order valence-electron chi connectivity index (χ4n) is 2.63. The third kappa shape index (κ3) is 4.90. The summed E-state index contributed by atoms with van der Waals surface area (Å²) in [4.78, 5) is 12.3. The van der Waals surface area contributed by atoms with E-state index in [2.05, 4.69) is 24.3 Å². The Hall–Kier alpha value is -2.19. The average molecular weight is 364 g/mol. The van der Waals surface area contributed by atoms with E-state index in [9.17, 15) is 13.2 Å². The van der Waals surface area contributed by atoms with Gasteiger partial charge < -0.3 is 5.32 Å². The number of rotatable bonds is 6. The summed E-state index contributed by atoms with van der Waals surface area (Å²) in [6, 6.07) is 5.88. The molecule has 0 atom stereocenters. The van der Waals surface area contributed by atoms with Crippen LogP contribution in [0.15, 0.2) is 29.2 Å². The minimum atomic E-state index is -3.81. The van der Waals surface area contributed by atoms with Gasteiger partial charge in [0, 0.05) is 23.5 Å². The number of carbonyl (C=O) groups excluding carboxylic acids is 1. The van der Waals surface area contributed by atoms with Gasteiger partial charge in [-0.15, -0.1) is 0 Å². The van der Waals surface area contributed by atoms with E-state index in [4.69, 9.17) is 5.14 Å². The van der Waals surface area contributed by atoms with Gasteiger partial charge in [-0.2, -0.15) is 5.10 Å². The van der Waals surface area contributed by atoms with Crippen LogP contribution in [0.5, 0.6) is 0 Å². The van der Waals surface area contributed by atoms with Crippen molar-refractivity contribution in [2.45, 2.75) is 45.6 Å². The van der Waals surface area contributed by atoms with Crippen molar-refractivity contribution >= 4 is 21.6 Å². The molecule has 8 heteroatoms. The van der Waals surface area contributed by atoms with Crippen LogP contribution in [0.1, 0.15) is 30.8 Å². The SMILES string of the molecule is Cc1nn(CC(C)C)c(C)c1CC(=O)Nc1cccc(S(N)(=O)=O)c1. The van der Waals surface area contributed by atoms with Crippen LogP contribution in [-0.4, -0.2) is 24.1 Å². The molecule has 3 N–H and O–H groups in total. The molecule has 0 radical (unpaired) electrons. The summed E-state index contributed by atoms with van der Waals surface area (Å²) in [6.45, 7) is 8.86. The van der Waals surface area contributed by atoms with Crippen LogP contribution >= 0.6 is 0 Å². The fourth-order valence-corrected chi connectivity index (χ4v) is 3.19. The van der Waals surface area contributed by atoms with Crippen molar-refractivity contribution in [1.82, 2.24) is 9.78 Å². The fraction of sp³-hybridized carbons (Fsp3) is 0.412. The standard InChI is InChI=1S/C17H24N4O3S/c1-11(2)10-21-13(4)16(12(3)20-21)9-17(22)19-14-6-5-7-15(8-14)25(18,23)24/h5-8,11H,9-10H2,1-4H3,(H,19,22)(H2,18,23,24). The summed E-state index contributed by atoms with van der Waals surface area (Å²) >= 11 is 0. The Bertz CT molecular complexity index is 885. The Labute approximate surface area is 148 Å². The minimum Gasteiger partial charge on any atom is -0.326 e. The van der Waals surface area contributed by atoms with Crippen LogP contribution in [-0.2, 0) is 27.8 Å². The minimum absolute atomic E-state index is 0.0394. The van der Waals surface area contributed by atoms with Crippen LogP contribution in [0.25, 0.3) is 0 Å². The molecule has 0 aliphatic heterocycles. The molecule has 2 aromatic rings. The number of anilines is 1. The second-order valence-electron chi connectivity index (χ2n) is 6.52. The number of nitrogens with zero attached hydrogens (tertiary/aromatic N) is 2. The number of sulfonamides is 1. The number of benzene rings is 1. The Morgan fingerprint density at radius 1 is 1.32 bits per heavy atom. The average Bonchev–Trinajstić information content (AvgIpc) is 2.73. The van der Waals surface area contributed by atoms with Crippen molar-refractivity contribution in [1.29, 1.82) is 0 Å². The smallest absolute Gasteiger partial charge is 0.238 e. The number of aryl methyl sites for hydroxylation is 1. The zero-order valence-corrected chi connectivity index (χ0v) is 15.7. The molecule has 2 rings (SSSR count). The molecule has 136 valence electrons. The molecule has 0 bridgehead atoms. The number of nitrogens with one attached hydrogen (secondary N) is 1. The molecular weight excluding hydrogens is 340 g/mol. The summed E-state index contributed by atoms with van der Waals surface area (Å²) in [7, 11) is -3.81. The van der Waals surface area contributed by atoms with Gasteiger partial charge in [-0.3, -0.25) is 9.48 Å². The van der Waals surface area contributed by atoms with Crippen molar-refractivity contribution in [2.24, 2.45) is 11.1 Å². The predicted octanol–water partition coefficient (Wildman–Crippen LogP) is 1.98. The normalized spacial score (nSPS) is 11.8. The molecule has 0 fully saturated rings. The zero-order chi connectivity index (χ0) is 18.8. The van der Waals surface area contributed by atoms with Crippen molar-refractivity contribution < 1.29 is 13.2 Å². The number of amides is 1. The monoisotopic (exact) mass is 364 g/mol. The van der Waals surface area contributed by atoms with Crippen LogP contribution in [0, 0.1) is 19.8 Å². The predicted molar refractivity (Wildman–Crippen MR) is 96.7 cm³/mol. The van der Waals surface area contributed by atoms with Gasteiger partial charge in [0.25, 0.3) is 0 Å². The Morgan fingerprint density at radius 3 is 2.60 bits per heavy atom. The maximum absolute atomic E-state index is 12.3. The highest BCUT2D eigenvalue weighted by molar-refractivity contribution is 7.89. The van der Waals surface area contributed by atoms with E-state index in [0.717, 1.165) is 23.5 Å². The molecule has 1 amide bonds. The molecule has 1 heterocycles. The molecule has 1 aromatic carbocycles. The van der Waals surface area contributed by atoms with Gasteiger partial charge in [-0.05, 0) is 38.0 Å². The number of carbonyl (C=O) groups is 1. The topological polar surface area (TPSA) is 107 Å². The maximum atomic E-state index is 12.3. The van der Waals surface area contributed by atoms with E-state index in [-0.39, 0.29) is 17.2 Å². The Balaban J connectivity index is 2.15. The summed E-state index contributed by atoms with van der Waals surface area (Å²) in [5.74, 6) is 0.225. The molecular formula is C17H24N4O3S. The number of primary sulfonamides is 1. The molecule has 0 aliphatic carbocycles. The lowest BCUT2D eigenvalue weighted by atomic mass is 10.1. The van der Waals surface area contributed by atoms with Gasteiger partial charge >= 0.3 is 0 Å². The van der Waals surface area contributed by atoms with Gasteiger partial charge in [0.05, 0.1) is 17.0 Å². The lowest BCUT2D eigenvalue weighted by Crippen LogP contribution is -2.17. The second kappa shape index (κ2) is 7.37. The number of nitrogens with two attached hydrogens (primary N) is 1. The number of hydrogen-bond acceptors (Lipinski definition) is 4. The first kappa shape index (κ1) is 19.1. The quantitative estimate of drug-likeness (QED) is 0.817. The maximum Gasteiger partial charge on any atom is 0.238 e. The Morgan fingerprint density at radius 2 is 2.00 bits per heavy atom. The van der Waals surface area contributed by atoms with Gasteiger partial charge in [0.1, 0.15) is 0 Å². The van der Waals surface area contributed by atoms with Gasteiger partial charge in [0.2, 0.25) is 15.9 Å². The first-order valence-corrected chi connectivity index (χ1v) is 9.58. The van der Waals surface area contributed by atoms with E-state index in [0.29, 0.717) is 11.6 Å². The largest absolute Gasteiger partial charge is 0.326 e. The number of aromatic nitrogens is 2. The highest BCUT2D eigenvalue weighted by Gasteiger charge is 2.16. The highest BCUT2D eigenvalue weighted by Crippen LogP contribution is 2.18.